The largest absolute Gasteiger partial charge is 0.462 e. The molecule has 0 radical (unpaired) electrons. The highest BCUT2D eigenvalue weighted by Gasteiger charge is 2.22. The van der Waals surface area contributed by atoms with Gasteiger partial charge < -0.3 is 9.14 Å². The van der Waals surface area contributed by atoms with Gasteiger partial charge in [0.15, 0.2) is 0 Å². The number of pyridine rings is 1. The van der Waals surface area contributed by atoms with E-state index in [0.717, 1.165) is 17.0 Å². The van der Waals surface area contributed by atoms with E-state index in [1.54, 1.807) is 0 Å². The minimum absolute atomic E-state index is 0.175. The van der Waals surface area contributed by atoms with E-state index in [4.69, 9.17) is 4.74 Å². The lowest BCUT2D eigenvalue weighted by Gasteiger charge is -2.16. The van der Waals surface area contributed by atoms with Gasteiger partial charge in [0, 0.05) is 11.9 Å². The Kier molecular flexibility index (Phi) is 5.26. The van der Waals surface area contributed by atoms with E-state index < -0.39 is 0 Å². The second-order valence-electron chi connectivity index (χ2n) is 5.41. The van der Waals surface area contributed by atoms with Crippen LogP contribution in [0.5, 0.6) is 0 Å². The van der Waals surface area contributed by atoms with Gasteiger partial charge in [0.05, 0.1) is 22.9 Å². The normalized spacial score (nSPS) is 12.2. The molecule has 0 N–H and O–H groups in total. The van der Waals surface area contributed by atoms with Crippen LogP contribution in [-0.2, 0) is 4.74 Å². The lowest BCUT2D eigenvalue weighted by molar-refractivity contribution is 0.0529. The van der Waals surface area contributed by atoms with Crippen molar-refractivity contribution in [3.63, 3.8) is 0 Å². The Hall–Kier alpha value is -2.20. The maximum atomic E-state index is 12.3. The van der Waals surface area contributed by atoms with Crippen LogP contribution in [0.2, 0.25) is 0 Å². The second-order valence-corrected chi connectivity index (χ2v) is 6.79. The van der Waals surface area contributed by atoms with Gasteiger partial charge in [0.2, 0.25) is 0 Å². The summed E-state index contributed by atoms with van der Waals surface area (Å²) >= 11 is 1.86. The van der Waals surface area contributed by atoms with Crippen molar-refractivity contribution in [2.24, 2.45) is 0 Å². The number of carbonyl (C=O) groups is 1. The molecule has 1 unspecified atom stereocenters. The van der Waals surface area contributed by atoms with Gasteiger partial charge in [0.1, 0.15) is 0 Å². The van der Waals surface area contributed by atoms with Crippen LogP contribution in [0.4, 0.5) is 0 Å². The first-order valence-corrected chi connectivity index (χ1v) is 9.24. The standard InChI is InChI=1S/C20H21NO2S/c1-3-23-20(22)16-14-18(21-13-9-8-12-17(16)21)19(24-4-2)15-10-6-5-7-11-15/h5-14,19H,3-4H2,1-2H3. The molecule has 1 aromatic carbocycles. The molecule has 1 atom stereocenters. The number of thioether (sulfide) groups is 1. The third kappa shape index (κ3) is 3.20. The zero-order chi connectivity index (χ0) is 16.9. The van der Waals surface area contributed by atoms with Crippen LogP contribution in [0.1, 0.15) is 40.7 Å². The van der Waals surface area contributed by atoms with Crippen LogP contribution in [0.15, 0.2) is 60.8 Å². The monoisotopic (exact) mass is 339 g/mol. The highest BCUT2D eigenvalue weighted by atomic mass is 32.2. The van der Waals surface area contributed by atoms with E-state index >= 15 is 0 Å². The molecule has 3 aromatic rings. The molecule has 3 rings (SSSR count). The summed E-state index contributed by atoms with van der Waals surface area (Å²) in [5.41, 5.74) is 3.86. The van der Waals surface area contributed by atoms with Crippen LogP contribution >= 0.6 is 11.8 Å². The molecule has 0 spiro atoms. The molecule has 24 heavy (non-hydrogen) atoms. The number of fused-ring (bicyclic) bond motifs is 1. The minimum atomic E-state index is -0.263. The summed E-state index contributed by atoms with van der Waals surface area (Å²) in [6, 6.07) is 18.3. The molecule has 0 saturated heterocycles. The van der Waals surface area contributed by atoms with Crippen molar-refractivity contribution >= 4 is 23.2 Å². The molecule has 3 nitrogen and oxygen atoms in total. The first kappa shape index (κ1) is 16.7. The van der Waals surface area contributed by atoms with Crippen LogP contribution in [-0.4, -0.2) is 22.7 Å². The molecule has 2 heterocycles. The van der Waals surface area contributed by atoms with E-state index in [2.05, 4.69) is 35.6 Å². The molecular weight excluding hydrogens is 318 g/mol. The maximum Gasteiger partial charge on any atom is 0.340 e. The van der Waals surface area contributed by atoms with Crippen molar-refractivity contribution in [1.29, 1.82) is 0 Å². The number of hydrogen-bond donors (Lipinski definition) is 0. The van der Waals surface area contributed by atoms with Gasteiger partial charge in [-0.3, -0.25) is 0 Å². The number of benzene rings is 1. The average molecular weight is 339 g/mol. The van der Waals surface area contributed by atoms with E-state index in [-0.39, 0.29) is 11.2 Å². The Morgan fingerprint density at radius 3 is 2.58 bits per heavy atom. The molecule has 4 heteroatoms. The Labute approximate surface area is 146 Å². The van der Waals surface area contributed by atoms with Gasteiger partial charge in [0.25, 0.3) is 0 Å². The van der Waals surface area contributed by atoms with Crippen LogP contribution < -0.4 is 0 Å². The minimum Gasteiger partial charge on any atom is -0.462 e. The number of rotatable bonds is 6. The van der Waals surface area contributed by atoms with Gasteiger partial charge >= 0.3 is 5.97 Å². The van der Waals surface area contributed by atoms with Crippen molar-refractivity contribution in [1.82, 2.24) is 4.40 Å². The van der Waals surface area contributed by atoms with Crippen LogP contribution in [0.25, 0.3) is 5.52 Å². The van der Waals surface area contributed by atoms with Crippen molar-refractivity contribution < 1.29 is 9.53 Å². The molecule has 0 fully saturated rings. The van der Waals surface area contributed by atoms with Crippen LogP contribution in [0, 0.1) is 0 Å². The number of nitrogens with zero attached hydrogens (tertiary/aromatic N) is 1. The Morgan fingerprint density at radius 1 is 1.12 bits per heavy atom. The zero-order valence-electron chi connectivity index (χ0n) is 13.9. The fourth-order valence-electron chi connectivity index (χ4n) is 2.90. The Morgan fingerprint density at radius 2 is 1.88 bits per heavy atom. The smallest absolute Gasteiger partial charge is 0.340 e. The third-order valence-electron chi connectivity index (χ3n) is 3.91. The maximum absolute atomic E-state index is 12.3. The topological polar surface area (TPSA) is 30.7 Å². The summed E-state index contributed by atoms with van der Waals surface area (Å²) in [4.78, 5) is 12.3. The highest BCUT2D eigenvalue weighted by molar-refractivity contribution is 7.99. The summed E-state index contributed by atoms with van der Waals surface area (Å²) in [5.74, 6) is 0.731. The van der Waals surface area contributed by atoms with Gasteiger partial charge in [-0.2, -0.15) is 0 Å². The summed E-state index contributed by atoms with van der Waals surface area (Å²) in [5, 5.41) is 0.175. The molecule has 0 saturated carbocycles. The SMILES string of the molecule is CCOC(=O)c1cc(C(SCC)c2ccccc2)n2ccccc12. The quantitative estimate of drug-likeness (QED) is 0.595. The fraction of sp³-hybridized carbons (Fsp3) is 0.250. The third-order valence-corrected chi connectivity index (χ3v) is 5.09. The molecule has 0 aliphatic carbocycles. The Balaban J connectivity index is 2.15. The average Bonchev–Trinajstić information content (AvgIpc) is 3.00. The molecular formula is C20H21NO2S. The summed E-state index contributed by atoms with van der Waals surface area (Å²) in [6.45, 7) is 4.36. The van der Waals surface area contributed by atoms with Gasteiger partial charge in [-0.15, -0.1) is 11.8 Å². The fourth-order valence-corrected chi connectivity index (χ4v) is 3.94. The van der Waals surface area contributed by atoms with Gasteiger partial charge in [-0.1, -0.05) is 43.3 Å². The summed E-state index contributed by atoms with van der Waals surface area (Å²) < 4.78 is 7.34. The predicted octanol–water partition coefficient (Wildman–Crippen LogP) is 4.96. The first-order valence-electron chi connectivity index (χ1n) is 8.19. The number of hydrogen-bond acceptors (Lipinski definition) is 3. The van der Waals surface area contributed by atoms with E-state index in [0.29, 0.717) is 12.2 Å². The van der Waals surface area contributed by atoms with E-state index in [1.807, 2.05) is 55.2 Å². The molecule has 2 aromatic heterocycles. The van der Waals surface area contributed by atoms with Crippen molar-refractivity contribution in [3.05, 3.63) is 77.6 Å². The molecule has 0 bridgehead atoms. The lowest BCUT2D eigenvalue weighted by Crippen LogP contribution is -2.03. The van der Waals surface area contributed by atoms with Gasteiger partial charge in [-0.05, 0) is 36.4 Å². The van der Waals surface area contributed by atoms with Crippen molar-refractivity contribution in [3.8, 4) is 0 Å². The predicted molar refractivity (Wildman–Crippen MR) is 99.8 cm³/mol. The van der Waals surface area contributed by atoms with Crippen molar-refractivity contribution in [2.45, 2.75) is 19.1 Å². The van der Waals surface area contributed by atoms with E-state index in [1.165, 1.54) is 5.56 Å². The first-order chi connectivity index (χ1) is 11.8. The van der Waals surface area contributed by atoms with Crippen LogP contribution in [0.3, 0.4) is 0 Å². The van der Waals surface area contributed by atoms with E-state index in [9.17, 15) is 4.79 Å². The molecule has 0 amide bonds. The molecule has 0 aliphatic rings. The molecule has 0 aliphatic heterocycles. The Bertz CT molecular complexity index is 826. The van der Waals surface area contributed by atoms with Gasteiger partial charge in [-0.25, -0.2) is 4.79 Å². The zero-order valence-corrected chi connectivity index (χ0v) is 14.8. The lowest BCUT2D eigenvalue weighted by atomic mass is 10.1. The number of ether oxygens (including phenoxy) is 1. The number of carbonyl (C=O) groups excluding carboxylic acids is 1. The number of aromatic nitrogens is 1. The summed E-state index contributed by atoms with van der Waals surface area (Å²) in [7, 11) is 0. The second kappa shape index (κ2) is 7.58. The molecule has 124 valence electrons. The number of esters is 1. The highest BCUT2D eigenvalue weighted by Crippen LogP contribution is 2.37. The van der Waals surface area contributed by atoms with Crippen molar-refractivity contribution in [2.75, 3.05) is 12.4 Å². The summed E-state index contributed by atoms with van der Waals surface area (Å²) in [6.07, 6.45) is 2.01.